The summed E-state index contributed by atoms with van der Waals surface area (Å²) >= 11 is 0. The van der Waals surface area contributed by atoms with Gasteiger partial charge < -0.3 is 10.2 Å². The van der Waals surface area contributed by atoms with Crippen LogP contribution >= 0.6 is 0 Å². The molecule has 0 aromatic heterocycles. The van der Waals surface area contributed by atoms with Gasteiger partial charge in [0.15, 0.2) is 0 Å². The van der Waals surface area contributed by atoms with Crippen molar-refractivity contribution < 1.29 is 22.4 Å². The zero-order valence-electron chi connectivity index (χ0n) is 16.6. The minimum atomic E-state index is -3.96. The van der Waals surface area contributed by atoms with E-state index in [0.717, 1.165) is 4.31 Å². The van der Waals surface area contributed by atoms with E-state index in [-0.39, 0.29) is 10.8 Å². The summed E-state index contributed by atoms with van der Waals surface area (Å²) < 4.78 is 39.8. The summed E-state index contributed by atoms with van der Waals surface area (Å²) in [6.45, 7) is 3.07. The second-order valence-corrected chi connectivity index (χ2v) is 9.53. The first kappa shape index (κ1) is 20.9. The van der Waals surface area contributed by atoms with E-state index in [2.05, 4.69) is 5.32 Å². The van der Waals surface area contributed by atoms with E-state index < -0.39 is 33.7 Å². The zero-order chi connectivity index (χ0) is 21.6. The molecule has 2 amide bonds. The van der Waals surface area contributed by atoms with Gasteiger partial charge in [0.1, 0.15) is 5.82 Å². The predicted molar refractivity (Wildman–Crippen MR) is 108 cm³/mol. The molecule has 1 aliphatic heterocycles. The van der Waals surface area contributed by atoms with Crippen molar-refractivity contribution in [2.75, 3.05) is 30.9 Å². The van der Waals surface area contributed by atoms with Gasteiger partial charge in [-0.3, -0.25) is 9.59 Å². The fourth-order valence-corrected chi connectivity index (χ4v) is 4.47. The molecule has 7 nitrogen and oxygen atoms in total. The highest BCUT2D eigenvalue weighted by atomic mass is 32.2. The Morgan fingerprint density at radius 1 is 1.17 bits per heavy atom. The van der Waals surface area contributed by atoms with Crippen molar-refractivity contribution in [3.05, 3.63) is 53.8 Å². The van der Waals surface area contributed by atoms with E-state index in [0.29, 0.717) is 16.9 Å². The second kappa shape index (κ2) is 7.23. The Labute approximate surface area is 169 Å². The maximum Gasteiger partial charge on any atom is 0.243 e. The SMILES string of the molecule is CN1C(=O)C(C)(C)c2cc(S(=O)(=O)N(C)CC(=O)Nc3ccc(F)cc3)ccc21. The van der Waals surface area contributed by atoms with Crippen LogP contribution in [0, 0.1) is 5.82 Å². The predicted octanol–water partition coefficient (Wildman–Crippen LogP) is 2.34. The number of amides is 2. The molecular weight excluding hydrogens is 397 g/mol. The molecule has 1 aliphatic rings. The van der Waals surface area contributed by atoms with E-state index in [1.807, 2.05) is 0 Å². The lowest BCUT2D eigenvalue weighted by atomic mass is 9.86. The summed E-state index contributed by atoms with van der Waals surface area (Å²) in [5.41, 5.74) is 0.808. The highest BCUT2D eigenvalue weighted by molar-refractivity contribution is 7.89. The van der Waals surface area contributed by atoms with Crippen molar-refractivity contribution in [2.24, 2.45) is 0 Å². The first-order chi connectivity index (χ1) is 13.4. The molecule has 0 fully saturated rings. The molecule has 0 unspecified atom stereocenters. The van der Waals surface area contributed by atoms with Crippen LogP contribution in [0.5, 0.6) is 0 Å². The molecule has 0 spiro atoms. The minimum Gasteiger partial charge on any atom is -0.325 e. The van der Waals surface area contributed by atoms with E-state index in [4.69, 9.17) is 0 Å². The molecule has 2 aromatic rings. The fraction of sp³-hybridized carbons (Fsp3) is 0.300. The Morgan fingerprint density at radius 3 is 2.41 bits per heavy atom. The third kappa shape index (κ3) is 3.75. The summed E-state index contributed by atoms with van der Waals surface area (Å²) in [6, 6.07) is 9.67. The van der Waals surface area contributed by atoms with Gasteiger partial charge in [0, 0.05) is 25.5 Å². The number of fused-ring (bicyclic) bond motifs is 1. The second-order valence-electron chi connectivity index (χ2n) is 7.48. The van der Waals surface area contributed by atoms with Crippen molar-refractivity contribution in [1.82, 2.24) is 4.31 Å². The first-order valence-electron chi connectivity index (χ1n) is 8.89. The van der Waals surface area contributed by atoms with Crippen molar-refractivity contribution in [1.29, 1.82) is 0 Å². The number of carbonyl (C=O) groups is 2. The number of hydrogen-bond donors (Lipinski definition) is 1. The van der Waals surface area contributed by atoms with Crippen LogP contribution in [0.4, 0.5) is 15.8 Å². The van der Waals surface area contributed by atoms with Gasteiger partial charge >= 0.3 is 0 Å². The topological polar surface area (TPSA) is 86.8 Å². The van der Waals surface area contributed by atoms with Crippen LogP contribution in [0.25, 0.3) is 0 Å². The lowest BCUT2D eigenvalue weighted by molar-refractivity contribution is -0.121. The van der Waals surface area contributed by atoms with E-state index in [1.54, 1.807) is 27.0 Å². The van der Waals surface area contributed by atoms with Gasteiger partial charge in [-0.2, -0.15) is 4.31 Å². The molecule has 0 saturated heterocycles. The molecule has 0 bridgehead atoms. The molecule has 154 valence electrons. The number of rotatable bonds is 5. The number of hydrogen-bond acceptors (Lipinski definition) is 4. The highest BCUT2D eigenvalue weighted by Gasteiger charge is 2.43. The largest absolute Gasteiger partial charge is 0.325 e. The lowest BCUT2D eigenvalue weighted by Crippen LogP contribution is -2.35. The third-order valence-corrected chi connectivity index (χ3v) is 6.84. The smallest absolute Gasteiger partial charge is 0.243 e. The van der Waals surface area contributed by atoms with Crippen molar-refractivity contribution >= 4 is 33.2 Å². The maximum absolute atomic E-state index is 13.0. The number of likely N-dealkylation sites (N-methyl/N-ethyl adjacent to an activating group) is 2. The van der Waals surface area contributed by atoms with Gasteiger partial charge in [0.05, 0.1) is 16.9 Å². The van der Waals surface area contributed by atoms with Gasteiger partial charge in [-0.25, -0.2) is 12.8 Å². The first-order valence-corrected chi connectivity index (χ1v) is 10.3. The van der Waals surface area contributed by atoms with Crippen molar-refractivity contribution in [3.63, 3.8) is 0 Å². The van der Waals surface area contributed by atoms with Crippen LogP contribution in [-0.4, -0.2) is 45.2 Å². The monoisotopic (exact) mass is 419 g/mol. The fourth-order valence-electron chi connectivity index (χ4n) is 3.31. The Balaban J connectivity index is 1.80. The number of benzene rings is 2. The molecular formula is C20H22FN3O4S. The molecule has 9 heteroatoms. The van der Waals surface area contributed by atoms with Gasteiger partial charge in [-0.05, 0) is 61.9 Å². The molecule has 0 saturated carbocycles. The van der Waals surface area contributed by atoms with Crippen LogP contribution in [0.1, 0.15) is 19.4 Å². The number of nitrogens with one attached hydrogen (secondary N) is 1. The van der Waals surface area contributed by atoms with E-state index in [1.165, 1.54) is 48.3 Å². The Hall–Kier alpha value is -2.78. The standard InChI is InChI=1S/C20H22FN3O4S/c1-20(2)16-11-15(9-10-17(16)24(4)19(20)26)29(27,28)23(3)12-18(25)22-14-7-5-13(21)6-8-14/h5-11H,12H2,1-4H3,(H,22,25). The zero-order valence-corrected chi connectivity index (χ0v) is 17.4. The maximum atomic E-state index is 13.0. The minimum absolute atomic E-state index is 0.00417. The third-order valence-electron chi connectivity index (χ3n) is 5.04. The molecule has 2 aromatic carbocycles. The molecule has 29 heavy (non-hydrogen) atoms. The number of sulfonamides is 1. The van der Waals surface area contributed by atoms with Crippen molar-refractivity contribution in [2.45, 2.75) is 24.2 Å². The molecule has 1 heterocycles. The van der Waals surface area contributed by atoms with Gasteiger partial charge in [0.25, 0.3) is 0 Å². The summed E-state index contributed by atoms with van der Waals surface area (Å²) in [4.78, 5) is 26.1. The summed E-state index contributed by atoms with van der Waals surface area (Å²) in [6.07, 6.45) is 0. The van der Waals surface area contributed by atoms with Crippen LogP contribution in [-0.2, 0) is 25.0 Å². The number of nitrogens with zero attached hydrogens (tertiary/aromatic N) is 2. The quantitative estimate of drug-likeness (QED) is 0.806. The number of halogens is 1. The molecule has 1 N–H and O–H groups in total. The average molecular weight is 419 g/mol. The van der Waals surface area contributed by atoms with Crippen LogP contribution < -0.4 is 10.2 Å². The summed E-state index contributed by atoms with van der Waals surface area (Å²) in [7, 11) is -1.01. The number of carbonyl (C=O) groups excluding carboxylic acids is 2. The Bertz CT molecular complexity index is 1080. The molecule has 0 aliphatic carbocycles. The van der Waals surface area contributed by atoms with Crippen LogP contribution in [0.15, 0.2) is 47.4 Å². The van der Waals surface area contributed by atoms with Gasteiger partial charge in [-0.1, -0.05) is 0 Å². The molecule has 3 rings (SSSR count). The van der Waals surface area contributed by atoms with Crippen LogP contribution in [0.3, 0.4) is 0 Å². The Morgan fingerprint density at radius 2 is 1.79 bits per heavy atom. The normalized spacial score (nSPS) is 15.5. The van der Waals surface area contributed by atoms with Gasteiger partial charge in [-0.15, -0.1) is 0 Å². The number of anilines is 2. The molecule has 0 atom stereocenters. The molecule has 0 radical (unpaired) electrons. The van der Waals surface area contributed by atoms with E-state index >= 15 is 0 Å². The highest BCUT2D eigenvalue weighted by Crippen LogP contribution is 2.41. The van der Waals surface area contributed by atoms with Gasteiger partial charge in [0.2, 0.25) is 21.8 Å². The summed E-state index contributed by atoms with van der Waals surface area (Å²) in [5, 5.41) is 2.53. The van der Waals surface area contributed by atoms with Crippen molar-refractivity contribution in [3.8, 4) is 0 Å². The average Bonchev–Trinajstić information content (AvgIpc) is 2.83. The Kier molecular flexibility index (Phi) is 5.22. The van der Waals surface area contributed by atoms with Crippen LogP contribution in [0.2, 0.25) is 0 Å². The lowest BCUT2D eigenvalue weighted by Gasteiger charge is -2.19. The summed E-state index contributed by atoms with van der Waals surface area (Å²) in [5.74, 6) is -1.11. The van der Waals surface area contributed by atoms with E-state index in [9.17, 15) is 22.4 Å².